The molecule has 1 aromatic rings. The summed E-state index contributed by atoms with van der Waals surface area (Å²) in [6.07, 6.45) is 1.61. The van der Waals surface area contributed by atoms with E-state index in [4.69, 9.17) is 8.47 Å². The quantitative estimate of drug-likeness (QED) is 0.552. The van der Waals surface area contributed by atoms with Gasteiger partial charge in [-0.25, -0.2) is 0 Å². The highest BCUT2D eigenvalue weighted by atomic mass is 35.7. The molecule has 2 rings (SSSR count). The fourth-order valence-corrected chi connectivity index (χ4v) is 7.43. The third-order valence-electron chi connectivity index (χ3n) is 3.28. The lowest BCUT2D eigenvalue weighted by Gasteiger charge is -2.31. The first-order chi connectivity index (χ1) is 9.73. The molecule has 6 nitrogen and oxygen atoms in total. The zero-order valence-corrected chi connectivity index (χ0v) is 13.4. The second-order valence-corrected chi connectivity index (χ2v) is 8.98. The number of carbonyl (C=O) groups is 1. The lowest BCUT2D eigenvalue weighted by Crippen LogP contribution is -2.61. The number of hydrogen-bond acceptors (Lipinski definition) is 6. The molecule has 1 fully saturated rings. The molecule has 118 valence electrons. The van der Waals surface area contributed by atoms with Crippen molar-refractivity contribution in [3.05, 3.63) is 23.8 Å². The first-order valence-electron chi connectivity index (χ1n) is 6.42. The number of hydrogen-bond donors (Lipinski definition) is 0. The van der Waals surface area contributed by atoms with Crippen molar-refractivity contribution >= 4 is 16.3 Å². The summed E-state index contributed by atoms with van der Waals surface area (Å²) in [6.45, 7) is 3.03. The van der Waals surface area contributed by atoms with E-state index < -0.39 is 26.5 Å². The maximum atomic E-state index is 11.1. The predicted molar refractivity (Wildman–Crippen MR) is 68.4 cm³/mol. The van der Waals surface area contributed by atoms with Crippen LogP contribution >= 0.6 is 10.3 Å². The minimum atomic E-state index is -4.50. The number of esters is 1. The van der Waals surface area contributed by atoms with Crippen molar-refractivity contribution in [2.45, 2.75) is 31.6 Å². The van der Waals surface area contributed by atoms with E-state index in [1.807, 2.05) is 0 Å². The van der Waals surface area contributed by atoms with Gasteiger partial charge in [0.05, 0.1) is 10.2 Å². The van der Waals surface area contributed by atoms with Gasteiger partial charge in [-0.15, -0.1) is 0 Å². The number of benzene rings is 1. The zero-order valence-electron chi connectivity index (χ0n) is 11.8. The Hall–Kier alpha value is -0.830. The van der Waals surface area contributed by atoms with Gasteiger partial charge in [0.25, 0.3) is 0 Å². The van der Waals surface area contributed by atoms with E-state index >= 15 is 0 Å². The van der Waals surface area contributed by atoms with E-state index in [9.17, 15) is 18.8 Å². The summed E-state index contributed by atoms with van der Waals surface area (Å²) in [7, 11) is -6.69. The summed E-state index contributed by atoms with van der Waals surface area (Å²) >= 11 is 0. The molecule has 1 aliphatic rings. The Morgan fingerprint density at radius 2 is 1.86 bits per heavy atom. The summed E-state index contributed by atoms with van der Waals surface area (Å²) in [5.41, 5.74) is 0.642. The van der Waals surface area contributed by atoms with Crippen LogP contribution in [-0.4, -0.2) is 17.5 Å². The second-order valence-electron chi connectivity index (χ2n) is 4.84. The van der Waals surface area contributed by atoms with Crippen molar-refractivity contribution in [2.24, 2.45) is 0 Å². The number of carbonyl (C=O) groups excluding carboxylic acids is 1. The molecule has 1 heterocycles. The highest BCUT2D eigenvalue weighted by Gasteiger charge is 2.46. The van der Waals surface area contributed by atoms with Gasteiger partial charge in [0.15, 0.2) is 0 Å². The molecule has 0 saturated carbocycles. The summed E-state index contributed by atoms with van der Waals surface area (Å²) < 4.78 is 43.3. The predicted octanol–water partition coefficient (Wildman–Crippen LogP) is -0.293. The van der Waals surface area contributed by atoms with E-state index in [0.717, 1.165) is 12.8 Å². The fraction of sp³-hybridized carbons (Fsp3) is 0.462. The Morgan fingerprint density at radius 3 is 2.38 bits per heavy atom. The number of ether oxygens (including phenoxy) is 1. The summed E-state index contributed by atoms with van der Waals surface area (Å²) in [4.78, 5) is 11.8. The summed E-state index contributed by atoms with van der Waals surface area (Å²) in [5, 5.41) is 0. The van der Waals surface area contributed by atoms with Gasteiger partial charge >= 0.3 is 5.97 Å². The van der Waals surface area contributed by atoms with Crippen LogP contribution in [0, 0.1) is 17.2 Å². The molecule has 8 heteroatoms. The molecule has 1 aromatic carbocycles. The van der Waals surface area contributed by atoms with Crippen LogP contribution in [-0.2, 0) is 8.53 Å². The monoisotopic (exact) mass is 336 g/mol. The van der Waals surface area contributed by atoms with Crippen molar-refractivity contribution in [3.8, 4) is 5.75 Å². The number of rotatable bonds is 4. The van der Waals surface area contributed by atoms with Crippen LogP contribution < -0.4 is 18.7 Å². The standard InChI is InChI=1S/C13H17ClO6S/c1-10-12(19-11(2)15)6-5-7-13(10)21(8-3-4-9-21)20-14(16,17)18/h5-7H,3-4,8-9H2,1-2H3. The SMILES string of the molecule is CC(=O)Oc1cccc(S2(O[Cl+3]([O-])([O-])[O-])CCCC2)c1C. The average molecular weight is 337 g/mol. The van der Waals surface area contributed by atoms with Crippen LogP contribution in [0.4, 0.5) is 0 Å². The van der Waals surface area contributed by atoms with E-state index in [2.05, 4.69) is 0 Å². The molecule has 0 amide bonds. The van der Waals surface area contributed by atoms with Gasteiger partial charge in [-0.05, 0) is 31.9 Å². The zero-order chi connectivity index (χ0) is 15.7. The molecule has 0 atom stereocenters. The molecule has 1 aliphatic heterocycles. The van der Waals surface area contributed by atoms with E-state index in [0.29, 0.717) is 27.7 Å². The van der Waals surface area contributed by atoms with Gasteiger partial charge in [0.2, 0.25) is 0 Å². The smallest absolute Gasteiger partial charge is 0.308 e. The largest absolute Gasteiger partial charge is 0.426 e. The molecule has 0 N–H and O–H groups in total. The fourth-order valence-electron chi connectivity index (χ4n) is 2.50. The summed E-state index contributed by atoms with van der Waals surface area (Å²) in [6, 6.07) is 5.04. The molecule has 0 aliphatic carbocycles. The van der Waals surface area contributed by atoms with Gasteiger partial charge in [0.1, 0.15) is 9.49 Å². The minimum Gasteiger partial charge on any atom is -0.426 e. The first kappa shape index (κ1) is 16.5. The normalized spacial score (nSPS) is 19.3. The molecule has 0 spiro atoms. The van der Waals surface area contributed by atoms with Crippen molar-refractivity contribution in [1.82, 2.24) is 0 Å². The van der Waals surface area contributed by atoms with E-state index in [-0.39, 0.29) is 0 Å². The van der Waals surface area contributed by atoms with Gasteiger partial charge < -0.3 is 4.74 Å². The Labute approximate surface area is 126 Å². The molecular weight excluding hydrogens is 320 g/mol. The first-order valence-corrected chi connectivity index (χ1v) is 9.55. The van der Waals surface area contributed by atoms with Crippen LogP contribution in [0.2, 0.25) is 0 Å². The van der Waals surface area contributed by atoms with Gasteiger partial charge in [-0.1, -0.05) is 6.07 Å². The van der Waals surface area contributed by atoms with E-state index in [1.54, 1.807) is 25.1 Å². The van der Waals surface area contributed by atoms with Crippen LogP contribution in [0.3, 0.4) is 0 Å². The second kappa shape index (κ2) is 6.12. The van der Waals surface area contributed by atoms with Crippen molar-refractivity contribution in [3.63, 3.8) is 0 Å². The van der Waals surface area contributed by atoms with Gasteiger partial charge in [0, 0.05) is 39.2 Å². The maximum absolute atomic E-state index is 11.1. The highest BCUT2D eigenvalue weighted by molar-refractivity contribution is 8.30. The molecule has 0 unspecified atom stereocenters. The lowest BCUT2D eigenvalue weighted by molar-refractivity contribution is -1.91. The van der Waals surface area contributed by atoms with Crippen molar-refractivity contribution in [1.29, 1.82) is 0 Å². The molecular formula is C13H17ClO6S. The Morgan fingerprint density at radius 1 is 1.24 bits per heavy atom. The Kier molecular flexibility index (Phi) is 4.82. The third-order valence-corrected chi connectivity index (χ3v) is 8.01. The van der Waals surface area contributed by atoms with Crippen LogP contribution in [0.15, 0.2) is 23.1 Å². The van der Waals surface area contributed by atoms with Gasteiger partial charge in [-0.2, -0.15) is 14.0 Å². The van der Waals surface area contributed by atoms with E-state index in [1.165, 1.54) is 6.92 Å². The average Bonchev–Trinajstić information content (AvgIpc) is 2.78. The summed E-state index contributed by atoms with van der Waals surface area (Å²) in [5.74, 6) is 0.945. The van der Waals surface area contributed by atoms with Crippen molar-refractivity contribution in [2.75, 3.05) is 11.5 Å². The van der Waals surface area contributed by atoms with Crippen LogP contribution in [0.25, 0.3) is 0 Å². The lowest BCUT2D eigenvalue weighted by atomic mass is 10.2. The Bertz CT molecular complexity index is 536. The molecule has 21 heavy (non-hydrogen) atoms. The van der Waals surface area contributed by atoms with Crippen LogP contribution in [0.1, 0.15) is 25.3 Å². The van der Waals surface area contributed by atoms with Gasteiger partial charge in [-0.3, -0.25) is 4.79 Å². The third kappa shape index (κ3) is 3.88. The topological polar surface area (TPSA) is 105 Å². The molecule has 0 radical (unpaired) electrons. The molecule has 0 bridgehead atoms. The minimum absolute atomic E-state index is 0.363. The van der Waals surface area contributed by atoms with Crippen molar-refractivity contribution < 1.29 is 37.5 Å². The highest BCUT2D eigenvalue weighted by Crippen LogP contribution is 2.64. The van der Waals surface area contributed by atoms with Crippen LogP contribution in [0.5, 0.6) is 5.75 Å². The maximum Gasteiger partial charge on any atom is 0.308 e. The number of halogens is 1. The molecule has 0 aromatic heterocycles. The Balaban J connectivity index is 2.44. The molecule has 1 saturated heterocycles.